The van der Waals surface area contributed by atoms with Crippen molar-refractivity contribution in [3.63, 3.8) is 0 Å². The van der Waals surface area contributed by atoms with Gasteiger partial charge in [0.05, 0.1) is 5.75 Å². The highest BCUT2D eigenvalue weighted by atomic mass is 32.2. The summed E-state index contributed by atoms with van der Waals surface area (Å²) < 4.78 is 21.6. The molecule has 1 fully saturated rings. The normalized spacial score (nSPS) is 19.6. The average molecular weight is 306 g/mol. The van der Waals surface area contributed by atoms with Gasteiger partial charge in [0.15, 0.2) is 5.84 Å². The van der Waals surface area contributed by atoms with E-state index in [0.29, 0.717) is 12.8 Å². The summed E-state index contributed by atoms with van der Waals surface area (Å²) in [4.78, 5) is 12.3. The van der Waals surface area contributed by atoms with Crippen LogP contribution in [0.5, 0.6) is 0 Å². The first-order valence-electron chi connectivity index (χ1n) is 6.58. The number of nitrogens with two attached hydrogens (primary N) is 2. The van der Waals surface area contributed by atoms with Crippen LogP contribution < -0.4 is 16.2 Å². The van der Waals surface area contributed by atoms with Gasteiger partial charge < -0.3 is 16.3 Å². The minimum atomic E-state index is -3.52. The van der Waals surface area contributed by atoms with Crippen LogP contribution in [-0.2, 0) is 14.8 Å². The zero-order valence-corrected chi connectivity index (χ0v) is 12.2. The van der Waals surface area contributed by atoms with Gasteiger partial charge in [0.1, 0.15) is 5.41 Å². The Morgan fingerprint density at radius 1 is 1.30 bits per heavy atom. The monoisotopic (exact) mass is 306 g/mol. The Kier molecular flexibility index (Phi) is 5.75. The molecule has 9 heteroatoms. The minimum Gasteiger partial charge on any atom is -0.409 e. The van der Waals surface area contributed by atoms with Gasteiger partial charge in [-0.2, -0.15) is 0 Å². The molecule has 0 spiro atoms. The summed E-state index contributed by atoms with van der Waals surface area (Å²) in [6.45, 7) is 0.190. The van der Waals surface area contributed by atoms with E-state index >= 15 is 0 Å². The van der Waals surface area contributed by atoms with Crippen molar-refractivity contribution in [1.82, 2.24) is 5.32 Å². The summed E-state index contributed by atoms with van der Waals surface area (Å²) in [5, 5.41) is 19.4. The van der Waals surface area contributed by atoms with Gasteiger partial charge in [0, 0.05) is 6.54 Å². The van der Waals surface area contributed by atoms with Crippen LogP contribution in [0.1, 0.15) is 38.5 Å². The van der Waals surface area contributed by atoms with Crippen LogP contribution in [0.15, 0.2) is 5.16 Å². The first kappa shape index (κ1) is 16.7. The SMILES string of the molecule is NC(=NO)C1(C(=O)NCCCS(N)(=O)=O)CCCCC1. The van der Waals surface area contributed by atoms with Crippen LogP contribution in [0.4, 0.5) is 0 Å². The molecule has 0 unspecified atom stereocenters. The Morgan fingerprint density at radius 2 is 1.90 bits per heavy atom. The smallest absolute Gasteiger partial charge is 0.233 e. The predicted octanol–water partition coefficient (Wildman–Crippen LogP) is -0.522. The fourth-order valence-corrected chi connectivity index (χ4v) is 3.04. The first-order valence-corrected chi connectivity index (χ1v) is 8.30. The van der Waals surface area contributed by atoms with E-state index in [4.69, 9.17) is 16.1 Å². The van der Waals surface area contributed by atoms with E-state index < -0.39 is 15.4 Å². The number of oxime groups is 1. The average Bonchev–Trinajstić information content (AvgIpc) is 2.42. The Labute approximate surface area is 118 Å². The Balaban J connectivity index is 2.61. The maximum atomic E-state index is 12.3. The van der Waals surface area contributed by atoms with Gasteiger partial charge >= 0.3 is 0 Å². The van der Waals surface area contributed by atoms with Gasteiger partial charge in [-0.05, 0) is 19.3 Å². The summed E-state index contributed by atoms with van der Waals surface area (Å²) in [7, 11) is -3.52. The summed E-state index contributed by atoms with van der Waals surface area (Å²) in [6, 6.07) is 0. The van der Waals surface area contributed by atoms with Crippen molar-refractivity contribution in [3.05, 3.63) is 0 Å². The third-order valence-electron chi connectivity index (χ3n) is 3.63. The zero-order chi connectivity index (χ0) is 15.2. The fraction of sp³-hybridized carbons (Fsp3) is 0.818. The quantitative estimate of drug-likeness (QED) is 0.171. The Morgan fingerprint density at radius 3 is 2.40 bits per heavy atom. The van der Waals surface area contributed by atoms with Gasteiger partial charge in [-0.25, -0.2) is 13.6 Å². The molecule has 0 saturated heterocycles. The molecule has 1 aliphatic carbocycles. The zero-order valence-electron chi connectivity index (χ0n) is 11.3. The molecular weight excluding hydrogens is 284 g/mol. The summed E-state index contributed by atoms with van der Waals surface area (Å²) >= 11 is 0. The number of nitrogens with zero attached hydrogens (tertiary/aromatic N) is 1. The maximum absolute atomic E-state index is 12.3. The Hall–Kier alpha value is -1.35. The van der Waals surface area contributed by atoms with Gasteiger partial charge in [-0.1, -0.05) is 24.4 Å². The van der Waals surface area contributed by atoms with Gasteiger partial charge in [0.2, 0.25) is 15.9 Å². The summed E-state index contributed by atoms with van der Waals surface area (Å²) in [5.41, 5.74) is 4.70. The van der Waals surface area contributed by atoms with E-state index in [0.717, 1.165) is 19.3 Å². The lowest BCUT2D eigenvalue weighted by Gasteiger charge is -2.34. The molecule has 6 N–H and O–H groups in total. The molecule has 1 aliphatic rings. The number of nitrogens with one attached hydrogen (secondary N) is 1. The van der Waals surface area contributed by atoms with Gasteiger partial charge in [-0.15, -0.1) is 0 Å². The lowest BCUT2D eigenvalue weighted by Crippen LogP contribution is -2.51. The lowest BCUT2D eigenvalue weighted by atomic mass is 9.72. The molecule has 1 rings (SSSR count). The van der Waals surface area contributed by atoms with Crippen molar-refractivity contribution >= 4 is 21.8 Å². The van der Waals surface area contributed by atoms with E-state index in [-0.39, 0.29) is 30.5 Å². The molecule has 0 bridgehead atoms. The minimum absolute atomic E-state index is 0.0823. The molecule has 0 aromatic carbocycles. The molecule has 1 amide bonds. The summed E-state index contributed by atoms with van der Waals surface area (Å²) in [6.07, 6.45) is 3.98. The molecule has 1 saturated carbocycles. The second kappa shape index (κ2) is 6.89. The van der Waals surface area contributed by atoms with Crippen molar-refractivity contribution in [2.45, 2.75) is 38.5 Å². The van der Waals surface area contributed by atoms with Gasteiger partial charge in [-0.3, -0.25) is 4.79 Å². The van der Waals surface area contributed by atoms with E-state index in [9.17, 15) is 13.2 Å². The second-order valence-corrected chi connectivity index (χ2v) is 6.84. The largest absolute Gasteiger partial charge is 0.409 e. The van der Waals surface area contributed by atoms with Crippen molar-refractivity contribution in [3.8, 4) is 0 Å². The first-order chi connectivity index (χ1) is 9.32. The fourth-order valence-electron chi connectivity index (χ4n) is 2.50. The molecule has 8 nitrogen and oxygen atoms in total. The van der Waals surface area contributed by atoms with E-state index in [1.165, 1.54) is 0 Å². The molecular formula is C11H22N4O4S. The van der Waals surface area contributed by atoms with Crippen LogP contribution in [0.3, 0.4) is 0 Å². The molecule has 116 valence electrons. The third kappa shape index (κ3) is 4.34. The maximum Gasteiger partial charge on any atom is 0.233 e. The highest BCUT2D eigenvalue weighted by Crippen LogP contribution is 2.36. The van der Waals surface area contributed by atoms with Crippen molar-refractivity contribution in [2.24, 2.45) is 21.4 Å². The Bertz CT molecular complexity index is 469. The van der Waals surface area contributed by atoms with Crippen LogP contribution in [-0.4, -0.2) is 37.7 Å². The molecule has 0 aliphatic heterocycles. The molecule has 0 heterocycles. The third-order valence-corrected chi connectivity index (χ3v) is 4.49. The number of sulfonamides is 1. The van der Waals surface area contributed by atoms with Crippen molar-refractivity contribution < 1.29 is 18.4 Å². The van der Waals surface area contributed by atoms with Gasteiger partial charge in [0.25, 0.3) is 0 Å². The molecule has 0 aromatic rings. The lowest BCUT2D eigenvalue weighted by molar-refractivity contribution is -0.129. The number of primary sulfonamides is 1. The van der Waals surface area contributed by atoms with Crippen molar-refractivity contribution in [2.75, 3.05) is 12.3 Å². The second-order valence-electron chi connectivity index (χ2n) is 5.10. The van der Waals surface area contributed by atoms with Crippen LogP contribution in [0, 0.1) is 5.41 Å². The number of rotatable bonds is 6. The molecule has 20 heavy (non-hydrogen) atoms. The van der Waals surface area contributed by atoms with E-state index in [1.807, 2.05) is 0 Å². The van der Waals surface area contributed by atoms with Crippen molar-refractivity contribution in [1.29, 1.82) is 0 Å². The molecule has 0 aromatic heterocycles. The van der Waals surface area contributed by atoms with E-state index in [1.54, 1.807) is 0 Å². The van der Waals surface area contributed by atoms with Crippen LogP contribution in [0.25, 0.3) is 0 Å². The predicted molar refractivity (Wildman–Crippen MR) is 74.5 cm³/mol. The van der Waals surface area contributed by atoms with Crippen LogP contribution in [0.2, 0.25) is 0 Å². The molecule has 0 radical (unpaired) electrons. The van der Waals surface area contributed by atoms with E-state index in [2.05, 4.69) is 10.5 Å². The van der Waals surface area contributed by atoms with Crippen LogP contribution >= 0.6 is 0 Å². The highest BCUT2D eigenvalue weighted by Gasteiger charge is 2.43. The number of amides is 1. The topological polar surface area (TPSA) is 148 Å². The molecule has 0 atom stereocenters. The number of carbonyl (C=O) groups excluding carboxylic acids is 1. The number of carbonyl (C=O) groups is 1. The highest BCUT2D eigenvalue weighted by molar-refractivity contribution is 7.89. The standard InChI is InChI=1S/C11H22N4O4S/c12-9(15-17)11(5-2-1-3-6-11)10(16)14-7-4-8-20(13,18)19/h17H,1-8H2,(H2,12,15)(H,14,16)(H2,13,18,19). The number of hydrogen-bond acceptors (Lipinski definition) is 5. The number of hydrogen-bond donors (Lipinski definition) is 4. The number of amidine groups is 1. The summed E-state index contributed by atoms with van der Waals surface area (Å²) in [5.74, 6) is -0.591.